The van der Waals surface area contributed by atoms with Crippen LogP contribution in [0.3, 0.4) is 0 Å². The molecule has 0 bridgehead atoms. The maximum absolute atomic E-state index is 12.6. The van der Waals surface area contributed by atoms with Crippen LogP contribution in [0.1, 0.15) is 31.2 Å². The zero-order chi connectivity index (χ0) is 25.2. The van der Waals surface area contributed by atoms with E-state index in [9.17, 15) is 18.0 Å². The first-order valence-electron chi connectivity index (χ1n) is 11.5. The number of hydrogen-bond acceptors (Lipinski definition) is 5. The Morgan fingerprint density at radius 2 is 1.77 bits per heavy atom. The number of alkyl halides is 3. The summed E-state index contributed by atoms with van der Waals surface area (Å²) < 4.78 is 51.8. The minimum atomic E-state index is -4.76. The smallest absolute Gasteiger partial charge is 0.493 e. The van der Waals surface area contributed by atoms with E-state index in [0.717, 1.165) is 44.4 Å². The first-order valence-corrected chi connectivity index (χ1v) is 11.5. The highest BCUT2D eigenvalue weighted by atomic mass is 19.4. The van der Waals surface area contributed by atoms with Crippen molar-refractivity contribution in [1.29, 1.82) is 0 Å². The SMILES string of the molecule is COc1ccc(C23CCC(NC(=O)Nc4ccc(OC(F)(F)F)cc4)CC2N(C)CC3)cc1OC. The van der Waals surface area contributed by atoms with Crippen LogP contribution in [0, 0.1) is 0 Å². The van der Waals surface area contributed by atoms with E-state index in [1.54, 1.807) is 14.2 Å². The first-order chi connectivity index (χ1) is 16.6. The van der Waals surface area contributed by atoms with Crippen molar-refractivity contribution in [2.24, 2.45) is 0 Å². The normalized spacial score (nSPS) is 24.4. The van der Waals surface area contributed by atoms with Gasteiger partial charge in [-0.1, -0.05) is 6.07 Å². The number of ether oxygens (including phenoxy) is 3. The first kappa shape index (κ1) is 25.0. The number of likely N-dealkylation sites (N-methyl/N-ethyl adjacent to an activating group) is 1. The summed E-state index contributed by atoms with van der Waals surface area (Å²) in [5.74, 6) is 1.06. The number of carbonyl (C=O) groups is 1. The fraction of sp³-hybridized carbons (Fsp3) is 0.480. The molecule has 0 aromatic heterocycles. The Hall–Kier alpha value is -3.14. The van der Waals surface area contributed by atoms with Gasteiger partial charge in [-0.25, -0.2) is 4.79 Å². The fourth-order valence-electron chi connectivity index (χ4n) is 5.49. The Morgan fingerprint density at radius 1 is 1.06 bits per heavy atom. The topological polar surface area (TPSA) is 72.1 Å². The van der Waals surface area contributed by atoms with Gasteiger partial charge in [-0.3, -0.25) is 0 Å². The molecule has 2 N–H and O–H groups in total. The second-order valence-electron chi connectivity index (χ2n) is 9.11. The number of methoxy groups -OCH3 is 2. The van der Waals surface area contributed by atoms with Crippen molar-refractivity contribution in [3.63, 3.8) is 0 Å². The Morgan fingerprint density at radius 3 is 2.43 bits per heavy atom. The van der Waals surface area contributed by atoms with Crippen LogP contribution < -0.4 is 24.8 Å². The average molecular weight is 494 g/mol. The van der Waals surface area contributed by atoms with Gasteiger partial charge < -0.3 is 29.7 Å². The number of rotatable bonds is 6. The second-order valence-corrected chi connectivity index (χ2v) is 9.11. The molecule has 7 nitrogen and oxygen atoms in total. The summed E-state index contributed by atoms with van der Waals surface area (Å²) in [5, 5.41) is 5.72. The summed E-state index contributed by atoms with van der Waals surface area (Å²) in [6.07, 6.45) is -1.23. The maximum Gasteiger partial charge on any atom is 0.573 e. The molecule has 1 aliphatic heterocycles. The lowest BCUT2D eigenvalue weighted by Gasteiger charge is -2.45. The Labute approximate surface area is 202 Å². The molecule has 2 aromatic rings. The van der Waals surface area contributed by atoms with E-state index in [4.69, 9.17) is 9.47 Å². The van der Waals surface area contributed by atoms with Gasteiger partial charge in [-0.15, -0.1) is 13.2 Å². The van der Waals surface area contributed by atoms with E-state index in [0.29, 0.717) is 17.2 Å². The van der Waals surface area contributed by atoms with Gasteiger partial charge in [-0.2, -0.15) is 0 Å². The van der Waals surface area contributed by atoms with Crippen molar-refractivity contribution in [1.82, 2.24) is 10.2 Å². The van der Waals surface area contributed by atoms with Crippen LogP contribution in [0.2, 0.25) is 0 Å². The minimum Gasteiger partial charge on any atom is -0.493 e. The highest BCUT2D eigenvalue weighted by Crippen LogP contribution is 2.49. The quantitative estimate of drug-likeness (QED) is 0.598. The van der Waals surface area contributed by atoms with Crippen molar-refractivity contribution in [3.8, 4) is 17.2 Å². The van der Waals surface area contributed by atoms with Crippen molar-refractivity contribution in [2.45, 2.75) is 49.5 Å². The number of urea groups is 1. The van der Waals surface area contributed by atoms with Crippen molar-refractivity contribution in [3.05, 3.63) is 48.0 Å². The predicted molar refractivity (Wildman–Crippen MR) is 125 cm³/mol. The van der Waals surface area contributed by atoms with Crippen molar-refractivity contribution < 1.29 is 32.2 Å². The predicted octanol–water partition coefficient (Wildman–Crippen LogP) is 4.92. The molecule has 2 aromatic carbocycles. The van der Waals surface area contributed by atoms with Gasteiger partial charge in [0.1, 0.15) is 5.75 Å². The lowest BCUT2D eigenvalue weighted by Crippen LogP contribution is -2.52. The van der Waals surface area contributed by atoms with Crippen LogP contribution in [0.4, 0.5) is 23.7 Å². The lowest BCUT2D eigenvalue weighted by molar-refractivity contribution is -0.274. The number of nitrogens with zero attached hydrogens (tertiary/aromatic N) is 1. The molecular weight excluding hydrogens is 463 g/mol. The van der Waals surface area contributed by atoms with E-state index < -0.39 is 12.4 Å². The Bertz CT molecular complexity index is 1050. The third-order valence-electron chi connectivity index (χ3n) is 7.17. The number of hydrogen-bond donors (Lipinski definition) is 2. The van der Waals surface area contributed by atoms with Crippen molar-refractivity contribution in [2.75, 3.05) is 33.1 Å². The molecule has 0 radical (unpaired) electrons. The molecule has 1 heterocycles. The molecule has 10 heteroatoms. The molecule has 2 fully saturated rings. The molecule has 190 valence electrons. The number of halogens is 3. The molecule has 2 amide bonds. The van der Waals surface area contributed by atoms with Crippen molar-refractivity contribution >= 4 is 11.7 Å². The van der Waals surface area contributed by atoms with Gasteiger partial charge >= 0.3 is 12.4 Å². The van der Waals surface area contributed by atoms with E-state index in [1.807, 2.05) is 6.07 Å². The number of nitrogens with one attached hydrogen (secondary N) is 2. The standard InChI is InChI=1S/C25H30F3N3O4/c1-31-13-12-24(16-4-9-20(33-2)21(14-16)34-3)11-10-18(15-22(24)31)30-23(32)29-17-5-7-19(8-6-17)35-25(26,27)28/h4-9,14,18,22H,10-13,15H2,1-3H3,(H2,29,30,32). The van der Waals surface area contributed by atoms with Gasteiger partial charge in [0.25, 0.3) is 0 Å². The number of likely N-dealkylation sites (tertiary alicyclic amines) is 1. The number of amides is 2. The zero-order valence-electron chi connectivity index (χ0n) is 19.9. The maximum atomic E-state index is 12.6. The molecule has 3 atom stereocenters. The molecule has 2 aliphatic rings. The number of carbonyl (C=O) groups excluding carboxylic acids is 1. The molecular formula is C25H30F3N3O4. The summed E-state index contributed by atoms with van der Waals surface area (Å²) in [6.45, 7) is 0.963. The van der Waals surface area contributed by atoms with Gasteiger partial charge in [0, 0.05) is 23.2 Å². The van der Waals surface area contributed by atoms with Crippen LogP contribution in [-0.2, 0) is 5.41 Å². The summed E-state index contributed by atoms with van der Waals surface area (Å²) in [5.41, 5.74) is 1.57. The Kier molecular flexibility index (Phi) is 7.02. The summed E-state index contributed by atoms with van der Waals surface area (Å²) in [7, 11) is 5.36. The van der Waals surface area contributed by atoms with Crippen LogP contribution in [-0.4, -0.2) is 57.2 Å². The lowest BCUT2D eigenvalue weighted by atomic mass is 9.65. The van der Waals surface area contributed by atoms with Gasteiger partial charge in [0.2, 0.25) is 0 Å². The summed E-state index contributed by atoms with van der Waals surface area (Å²) in [6, 6.07) is 11.0. The van der Waals surface area contributed by atoms with E-state index in [1.165, 1.54) is 17.7 Å². The van der Waals surface area contributed by atoms with Crippen LogP contribution >= 0.6 is 0 Å². The average Bonchev–Trinajstić information content (AvgIpc) is 3.16. The monoisotopic (exact) mass is 493 g/mol. The highest BCUT2D eigenvalue weighted by Gasteiger charge is 2.50. The molecule has 35 heavy (non-hydrogen) atoms. The number of benzene rings is 2. The zero-order valence-corrected chi connectivity index (χ0v) is 19.9. The van der Waals surface area contributed by atoms with Crippen LogP contribution in [0.25, 0.3) is 0 Å². The minimum absolute atomic E-state index is 0.0262. The van der Waals surface area contributed by atoms with Crippen LogP contribution in [0.5, 0.6) is 17.2 Å². The second kappa shape index (κ2) is 9.85. The van der Waals surface area contributed by atoms with E-state index in [2.05, 4.69) is 39.5 Å². The third-order valence-corrected chi connectivity index (χ3v) is 7.17. The van der Waals surface area contributed by atoms with Gasteiger partial charge in [-0.05, 0) is 81.2 Å². The van der Waals surface area contributed by atoms with Gasteiger partial charge in [0.05, 0.1) is 14.2 Å². The third kappa shape index (κ3) is 5.42. The summed E-state index contributed by atoms with van der Waals surface area (Å²) >= 11 is 0. The van der Waals surface area contributed by atoms with E-state index in [-0.39, 0.29) is 23.2 Å². The highest BCUT2D eigenvalue weighted by molar-refractivity contribution is 5.89. The largest absolute Gasteiger partial charge is 0.573 e. The van der Waals surface area contributed by atoms with E-state index >= 15 is 0 Å². The summed E-state index contributed by atoms with van der Waals surface area (Å²) in [4.78, 5) is 14.9. The molecule has 0 spiro atoms. The molecule has 1 aliphatic carbocycles. The van der Waals surface area contributed by atoms with Crippen LogP contribution in [0.15, 0.2) is 42.5 Å². The van der Waals surface area contributed by atoms with Gasteiger partial charge in [0.15, 0.2) is 11.5 Å². The molecule has 3 unspecified atom stereocenters. The molecule has 1 saturated heterocycles. The molecule has 4 rings (SSSR count). The number of anilines is 1. The molecule has 1 saturated carbocycles. The Balaban J connectivity index is 1.41. The fourth-order valence-corrected chi connectivity index (χ4v) is 5.49. The number of fused-ring (bicyclic) bond motifs is 1.